The number of methoxy groups -OCH3 is 1. The molecule has 0 amide bonds. The number of carbonyl (C=O) groups is 1. The molecule has 0 aliphatic heterocycles. The molecule has 0 aliphatic rings. The van der Waals surface area contributed by atoms with Crippen molar-refractivity contribution >= 4 is 32.9 Å². The molecule has 3 aromatic carbocycles. The van der Waals surface area contributed by atoms with Gasteiger partial charge in [0.2, 0.25) is 0 Å². The Bertz CT molecular complexity index is 1690. The molecule has 2 aromatic heterocycles. The van der Waals surface area contributed by atoms with Crippen LogP contribution in [-0.4, -0.2) is 29.2 Å². The topological polar surface area (TPSA) is 77.2 Å². The van der Waals surface area contributed by atoms with Crippen LogP contribution in [0.4, 0.5) is 0 Å². The summed E-state index contributed by atoms with van der Waals surface area (Å²) in [4.78, 5) is 26.7. The average molecular weight is 514 g/mol. The monoisotopic (exact) mass is 513 g/mol. The van der Waals surface area contributed by atoms with Crippen LogP contribution < -0.4 is 15.0 Å². The largest absolute Gasteiger partial charge is 0.493 e. The minimum Gasteiger partial charge on any atom is -0.493 e. The zero-order valence-corrected chi connectivity index (χ0v) is 21.7. The van der Waals surface area contributed by atoms with Crippen molar-refractivity contribution in [3.8, 4) is 21.9 Å². The number of rotatable bonds is 8. The first kappa shape index (κ1) is 24.6. The number of aromatic nitrogens is 1. The van der Waals surface area contributed by atoms with E-state index in [1.807, 2.05) is 56.3 Å². The van der Waals surface area contributed by atoms with E-state index in [4.69, 9.17) is 9.47 Å². The Morgan fingerprint density at radius 3 is 2.54 bits per heavy atom. The van der Waals surface area contributed by atoms with Gasteiger partial charge in [-0.05, 0) is 59.0 Å². The van der Waals surface area contributed by atoms with Crippen LogP contribution in [0, 0.1) is 6.92 Å². The number of nitrogens with zero attached hydrogens (tertiary/aromatic N) is 1. The van der Waals surface area contributed by atoms with Crippen LogP contribution in [0.2, 0.25) is 0 Å². The molecule has 6 nitrogen and oxygen atoms in total. The van der Waals surface area contributed by atoms with E-state index in [0.717, 1.165) is 34.1 Å². The molecule has 0 radical (unpaired) electrons. The summed E-state index contributed by atoms with van der Waals surface area (Å²) >= 11 is 1.25. The molecule has 188 valence electrons. The number of pyridine rings is 1. The summed E-state index contributed by atoms with van der Waals surface area (Å²) in [5.74, 6) is 0.0952. The lowest BCUT2D eigenvalue weighted by atomic mass is 9.98. The average Bonchev–Trinajstić information content (AvgIpc) is 3.30. The lowest BCUT2D eigenvalue weighted by molar-refractivity contribution is 0.0690. The van der Waals surface area contributed by atoms with Crippen LogP contribution in [0.5, 0.6) is 11.5 Å². The minimum absolute atomic E-state index is 0.0679. The van der Waals surface area contributed by atoms with E-state index < -0.39 is 11.5 Å². The van der Waals surface area contributed by atoms with Crippen molar-refractivity contribution in [2.45, 2.75) is 26.7 Å². The van der Waals surface area contributed by atoms with Gasteiger partial charge in [0.25, 0.3) is 5.56 Å². The highest BCUT2D eigenvalue weighted by Gasteiger charge is 2.25. The van der Waals surface area contributed by atoms with Crippen molar-refractivity contribution in [1.82, 2.24) is 4.40 Å². The molecule has 2 heterocycles. The Hall–Kier alpha value is -4.10. The molecule has 0 aliphatic carbocycles. The third-order valence-corrected chi connectivity index (χ3v) is 7.61. The fourth-order valence-electron chi connectivity index (χ4n) is 4.72. The summed E-state index contributed by atoms with van der Waals surface area (Å²) in [6, 6.07) is 21.3. The molecule has 5 aromatic rings. The Morgan fingerprint density at radius 1 is 1.03 bits per heavy atom. The molecule has 0 fully saturated rings. The van der Waals surface area contributed by atoms with Gasteiger partial charge in [-0.3, -0.25) is 9.20 Å². The van der Waals surface area contributed by atoms with Gasteiger partial charge in [0.1, 0.15) is 10.6 Å². The number of carboxylic acids is 1. The van der Waals surface area contributed by atoms with Gasteiger partial charge in [-0.1, -0.05) is 49.4 Å². The number of hydrogen-bond acceptors (Lipinski definition) is 5. The molecular formula is C30H27NO5S. The van der Waals surface area contributed by atoms with E-state index in [-0.39, 0.29) is 5.69 Å². The Kier molecular flexibility index (Phi) is 6.72. The van der Waals surface area contributed by atoms with Gasteiger partial charge in [-0.2, -0.15) is 0 Å². The summed E-state index contributed by atoms with van der Waals surface area (Å²) in [5.41, 5.74) is 2.93. The summed E-state index contributed by atoms with van der Waals surface area (Å²) in [6.45, 7) is 4.58. The lowest BCUT2D eigenvalue weighted by Gasteiger charge is -2.12. The Morgan fingerprint density at radius 2 is 1.81 bits per heavy atom. The van der Waals surface area contributed by atoms with E-state index >= 15 is 0 Å². The van der Waals surface area contributed by atoms with Crippen LogP contribution in [0.25, 0.3) is 26.0 Å². The molecule has 7 heteroatoms. The molecule has 0 bridgehead atoms. The van der Waals surface area contributed by atoms with Gasteiger partial charge >= 0.3 is 5.97 Å². The third-order valence-electron chi connectivity index (χ3n) is 6.41. The number of benzene rings is 3. The van der Waals surface area contributed by atoms with E-state index in [2.05, 4.69) is 18.2 Å². The smallest absolute Gasteiger partial charge is 0.354 e. The van der Waals surface area contributed by atoms with Gasteiger partial charge < -0.3 is 14.6 Å². The number of aryl methyl sites for hydroxylation is 1. The molecule has 0 saturated heterocycles. The normalized spacial score (nSPS) is 11.2. The summed E-state index contributed by atoms with van der Waals surface area (Å²) in [6.07, 6.45) is 1.37. The van der Waals surface area contributed by atoms with Crippen molar-refractivity contribution in [3.05, 3.63) is 99.5 Å². The standard InChI is InChI=1S/C30H27NO5S/c1-4-14-36-24-13-12-21(15-18(24)2)28-26(30(33)34)31-25(32)17-22(27(35-3)29(31)37-28)16-20-10-7-9-19-8-5-6-11-23(19)20/h5-13,15,17H,4,14,16H2,1-3H3,(H,33,34). The highest BCUT2D eigenvalue weighted by atomic mass is 32.1. The third kappa shape index (κ3) is 4.47. The minimum atomic E-state index is -1.17. The quantitative estimate of drug-likeness (QED) is 0.254. The number of ether oxygens (including phenoxy) is 2. The van der Waals surface area contributed by atoms with E-state index in [9.17, 15) is 14.7 Å². The Labute approximate surface area is 218 Å². The van der Waals surface area contributed by atoms with Gasteiger partial charge in [0.05, 0.1) is 18.6 Å². The number of hydrogen-bond donors (Lipinski definition) is 1. The lowest BCUT2D eigenvalue weighted by Crippen LogP contribution is -2.19. The molecule has 0 unspecified atom stereocenters. The highest BCUT2D eigenvalue weighted by Crippen LogP contribution is 2.40. The van der Waals surface area contributed by atoms with Crippen molar-refractivity contribution in [2.75, 3.05) is 13.7 Å². The summed E-state index contributed by atoms with van der Waals surface area (Å²) < 4.78 is 12.8. The van der Waals surface area contributed by atoms with Crippen molar-refractivity contribution in [3.63, 3.8) is 0 Å². The van der Waals surface area contributed by atoms with Crippen LogP contribution in [-0.2, 0) is 6.42 Å². The first-order valence-corrected chi connectivity index (χ1v) is 12.9. The second-order valence-electron chi connectivity index (χ2n) is 8.91. The molecule has 0 atom stereocenters. The maximum atomic E-state index is 13.4. The Balaban J connectivity index is 1.68. The predicted octanol–water partition coefficient (Wildman–Crippen LogP) is 6.58. The molecule has 5 rings (SSSR count). The molecule has 37 heavy (non-hydrogen) atoms. The maximum Gasteiger partial charge on any atom is 0.354 e. The van der Waals surface area contributed by atoms with Crippen LogP contribution >= 0.6 is 11.3 Å². The van der Waals surface area contributed by atoms with Gasteiger partial charge in [0.15, 0.2) is 11.4 Å². The van der Waals surface area contributed by atoms with Gasteiger partial charge in [-0.15, -0.1) is 11.3 Å². The second kappa shape index (κ2) is 10.1. The maximum absolute atomic E-state index is 13.4. The fourth-order valence-corrected chi connectivity index (χ4v) is 6.02. The fraction of sp³-hybridized carbons (Fsp3) is 0.200. The number of thiazole rings is 1. The number of fused-ring (bicyclic) bond motifs is 2. The summed E-state index contributed by atoms with van der Waals surface area (Å²) in [5, 5.41) is 12.4. The zero-order chi connectivity index (χ0) is 26.1. The van der Waals surface area contributed by atoms with Crippen molar-refractivity contribution in [2.24, 2.45) is 0 Å². The SMILES string of the molecule is CCCOc1ccc(-c2sc3c(OC)c(Cc4cccc5ccccc45)cc(=O)n3c2C(=O)O)cc1C. The van der Waals surface area contributed by atoms with Crippen LogP contribution in [0.3, 0.4) is 0 Å². The second-order valence-corrected chi connectivity index (χ2v) is 9.91. The van der Waals surface area contributed by atoms with E-state index in [1.165, 1.54) is 21.8 Å². The first-order chi connectivity index (χ1) is 17.9. The van der Waals surface area contributed by atoms with Crippen molar-refractivity contribution < 1.29 is 19.4 Å². The van der Waals surface area contributed by atoms with Crippen LogP contribution in [0.1, 0.15) is 40.5 Å². The number of aromatic carboxylic acids is 1. The molecular weight excluding hydrogens is 486 g/mol. The van der Waals surface area contributed by atoms with Crippen molar-refractivity contribution in [1.29, 1.82) is 0 Å². The highest BCUT2D eigenvalue weighted by molar-refractivity contribution is 7.21. The molecule has 0 saturated carbocycles. The molecule has 0 spiro atoms. The van der Waals surface area contributed by atoms with E-state index in [1.54, 1.807) is 7.11 Å². The van der Waals surface area contributed by atoms with E-state index in [0.29, 0.717) is 39.6 Å². The van der Waals surface area contributed by atoms with Gasteiger partial charge in [0, 0.05) is 18.1 Å². The predicted molar refractivity (Wildman–Crippen MR) is 148 cm³/mol. The first-order valence-electron chi connectivity index (χ1n) is 12.1. The molecule has 1 N–H and O–H groups in total. The summed E-state index contributed by atoms with van der Waals surface area (Å²) in [7, 11) is 1.55. The zero-order valence-electron chi connectivity index (χ0n) is 20.9. The van der Waals surface area contributed by atoms with Gasteiger partial charge in [-0.25, -0.2) is 4.79 Å². The van der Waals surface area contributed by atoms with Crippen LogP contribution in [0.15, 0.2) is 71.5 Å². The number of carboxylic acid groups (broad SMARTS) is 1.